The molecule has 0 N–H and O–H groups in total. The van der Waals surface area contributed by atoms with Crippen LogP contribution >= 0.6 is 11.3 Å². The molecule has 3 aromatic rings. The fraction of sp³-hybridized carbons (Fsp3) is 0.333. The van der Waals surface area contributed by atoms with E-state index in [2.05, 4.69) is 11.4 Å². The molecule has 0 radical (unpaired) electrons. The topological polar surface area (TPSA) is 63.0 Å². The molecule has 2 amide bonds. The van der Waals surface area contributed by atoms with Crippen molar-refractivity contribution in [2.75, 3.05) is 26.2 Å². The Hall–Kier alpha value is -3.06. The van der Waals surface area contributed by atoms with E-state index in [-0.39, 0.29) is 30.2 Å². The van der Waals surface area contributed by atoms with Gasteiger partial charge in [-0.05, 0) is 61.0 Å². The molecule has 0 saturated carbocycles. The van der Waals surface area contributed by atoms with Crippen LogP contribution in [-0.4, -0.2) is 47.9 Å². The Morgan fingerprint density at radius 3 is 2.81 bits per heavy atom. The quantitative estimate of drug-likeness (QED) is 0.551. The minimum Gasteiger partial charge on any atom is -0.491 e. The molecule has 6 nitrogen and oxygen atoms in total. The van der Waals surface area contributed by atoms with Crippen LogP contribution in [0.2, 0.25) is 0 Å². The number of likely N-dealkylation sites (N-methyl/N-ethyl adjacent to an activating group) is 1. The van der Waals surface area contributed by atoms with Crippen LogP contribution in [0.15, 0.2) is 58.5 Å². The smallest absolute Gasteiger partial charge is 0.290 e. The number of para-hydroxylation sites is 1. The number of nitrogens with zero attached hydrogens (tertiary/aromatic N) is 2. The number of hydrogen-bond acceptors (Lipinski definition) is 5. The number of fused-ring (bicyclic) bond motifs is 1. The van der Waals surface area contributed by atoms with Crippen LogP contribution in [0.4, 0.5) is 0 Å². The predicted octanol–water partition coefficient (Wildman–Crippen LogP) is 4.32. The average Bonchev–Trinajstić information content (AvgIpc) is 3.48. The lowest BCUT2D eigenvalue weighted by Gasteiger charge is -2.37. The van der Waals surface area contributed by atoms with Crippen molar-refractivity contribution in [2.45, 2.75) is 26.3 Å². The minimum atomic E-state index is -0.276. The summed E-state index contributed by atoms with van der Waals surface area (Å²) >= 11 is 1.72. The highest BCUT2D eigenvalue weighted by atomic mass is 32.1. The van der Waals surface area contributed by atoms with Gasteiger partial charge in [0.1, 0.15) is 18.9 Å². The fourth-order valence-electron chi connectivity index (χ4n) is 3.90. The summed E-state index contributed by atoms with van der Waals surface area (Å²) in [5, 5.41) is 2.07. The molecule has 1 unspecified atom stereocenters. The van der Waals surface area contributed by atoms with Crippen molar-refractivity contribution in [3.05, 3.63) is 75.9 Å². The lowest BCUT2D eigenvalue weighted by atomic mass is 10.0. The number of carbonyl (C=O) groups is 2. The van der Waals surface area contributed by atoms with E-state index in [1.807, 2.05) is 43.0 Å². The van der Waals surface area contributed by atoms with Gasteiger partial charge in [0.15, 0.2) is 5.76 Å². The van der Waals surface area contributed by atoms with Gasteiger partial charge in [0.2, 0.25) is 5.91 Å². The SMILES string of the molecule is CCN(CC(=O)N1CCc2sccc2C1COc1ccccc1C)C(=O)c1ccco1. The third kappa shape index (κ3) is 4.51. The molecule has 0 fully saturated rings. The van der Waals surface area contributed by atoms with Crippen LogP contribution in [0.3, 0.4) is 0 Å². The number of benzene rings is 1. The highest BCUT2D eigenvalue weighted by Gasteiger charge is 2.33. The van der Waals surface area contributed by atoms with E-state index in [1.165, 1.54) is 16.0 Å². The summed E-state index contributed by atoms with van der Waals surface area (Å²) in [4.78, 5) is 30.7. The van der Waals surface area contributed by atoms with Crippen LogP contribution in [0.25, 0.3) is 0 Å². The average molecular weight is 439 g/mol. The largest absolute Gasteiger partial charge is 0.491 e. The van der Waals surface area contributed by atoms with Crippen molar-refractivity contribution in [3.63, 3.8) is 0 Å². The Morgan fingerprint density at radius 2 is 2.06 bits per heavy atom. The molecule has 0 bridgehead atoms. The molecule has 3 heterocycles. The van der Waals surface area contributed by atoms with E-state index in [0.717, 1.165) is 23.3 Å². The van der Waals surface area contributed by atoms with Crippen molar-refractivity contribution in [2.24, 2.45) is 0 Å². The van der Waals surface area contributed by atoms with Gasteiger partial charge in [0.25, 0.3) is 5.91 Å². The second kappa shape index (κ2) is 9.39. The Morgan fingerprint density at radius 1 is 1.23 bits per heavy atom. The van der Waals surface area contributed by atoms with E-state index < -0.39 is 0 Å². The van der Waals surface area contributed by atoms with E-state index in [1.54, 1.807) is 23.5 Å². The van der Waals surface area contributed by atoms with Gasteiger partial charge in [-0.2, -0.15) is 0 Å². The molecular formula is C24H26N2O4S. The van der Waals surface area contributed by atoms with Crippen LogP contribution in [0, 0.1) is 6.92 Å². The third-order valence-corrected chi connectivity index (χ3v) is 6.63. The summed E-state index contributed by atoms with van der Waals surface area (Å²) in [6.45, 7) is 5.29. The maximum Gasteiger partial charge on any atom is 0.290 e. The molecule has 0 aliphatic carbocycles. The molecule has 1 aliphatic rings. The van der Waals surface area contributed by atoms with E-state index in [0.29, 0.717) is 19.7 Å². The lowest BCUT2D eigenvalue weighted by molar-refractivity contribution is -0.135. The van der Waals surface area contributed by atoms with Crippen molar-refractivity contribution >= 4 is 23.2 Å². The summed E-state index contributed by atoms with van der Waals surface area (Å²) in [6.07, 6.45) is 2.28. The van der Waals surface area contributed by atoms with Crippen molar-refractivity contribution in [1.29, 1.82) is 0 Å². The first-order valence-electron chi connectivity index (χ1n) is 10.5. The third-order valence-electron chi connectivity index (χ3n) is 5.63. The molecule has 0 spiro atoms. The van der Waals surface area contributed by atoms with Crippen LogP contribution < -0.4 is 4.74 Å². The van der Waals surface area contributed by atoms with Crippen molar-refractivity contribution in [3.8, 4) is 5.75 Å². The standard InChI is InChI=1S/C24H26N2O4S/c1-3-25(24(28)21-9-6-13-29-21)15-23(27)26-12-10-22-18(11-14-31-22)19(26)16-30-20-8-5-4-7-17(20)2/h4-9,11,13-14,19H,3,10,12,15-16H2,1-2H3. The molecule has 4 rings (SSSR count). The number of rotatable bonds is 7. The molecule has 7 heteroatoms. The highest BCUT2D eigenvalue weighted by Crippen LogP contribution is 2.34. The number of furan rings is 1. The normalized spacial score (nSPS) is 15.4. The van der Waals surface area contributed by atoms with Gasteiger partial charge in [-0.3, -0.25) is 9.59 Å². The van der Waals surface area contributed by atoms with Gasteiger partial charge in [0, 0.05) is 18.0 Å². The maximum atomic E-state index is 13.3. The molecular weight excluding hydrogens is 412 g/mol. The molecule has 162 valence electrons. The Balaban J connectivity index is 1.51. The number of aryl methyl sites for hydroxylation is 1. The first kappa shape index (κ1) is 21.2. The van der Waals surface area contributed by atoms with Crippen LogP contribution in [0.1, 0.15) is 39.5 Å². The van der Waals surface area contributed by atoms with E-state index >= 15 is 0 Å². The highest BCUT2D eigenvalue weighted by molar-refractivity contribution is 7.10. The molecule has 1 aromatic carbocycles. The number of amides is 2. The van der Waals surface area contributed by atoms with Gasteiger partial charge in [-0.15, -0.1) is 11.3 Å². The summed E-state index contributed by atoms with van der Waals surface area (Å²) in [7, 11) is 0. The summed E-state index contributed by atoms with van der Waals surface area (Å²) in [5.41, 5.74) is 2.20. The molecule has 1 aliphatic heterocycles. The zero-order valence-corrected chi connectivity index (χ0v) is 18.6. The summed E-state index contributed by atoms with van der Waals surface area (Å²) in [5.74, 6) is 0.701. The Bertz CT molecular complexity index is 1040. The Labute approximate surface area is 186 Å². The fourth-order valence-corrected chi connectivity index (χ4v) is 4.83. The Kier molecular flexibility index (Phi) is 6.42. The summed E-state index contributed by atoms with van der Waals surface area (Å²) in [6, 6.07) is 13.1. The molecule has 0 saturated heterocycles. The number of carbonyl (C=O) groups excluding carboxylic acids is 2. The number of ether oxygens (including phenoxy) is 1. The second-order valence-corrected chi connectivity index (χ2v) is 8.53. The summed E-state index contributed by atoms with van der Waals surface area (Å²) < 4.78 is 11.4. The van der Waals surface area contributed by atoms with Gasteiger partial charge in [-0.25, -0.2) is 0 Å². The van der Waals surface area contributed by atoms with Crippen molar-refractivity contribution < 1.29 is 18.7 Å². The van der Waals surface area contributed by atoms with Gasteiger partial charge in [0.05, 0.1) is 12.3 Å². The van der Waals surface area contributed by atoms with Gasteiger partial charge in [-0.1, -0.05) is 18.2 Å². The molecule has 31 heavy (non-hydrogen) atoms. The predicted molar refractivity (Wildman–Crippen MR) is 119 cm³/mol. The second-order valence-electron chi connectivity index (χ2n) is 7.53. The molecule has 1 atom stereocenters. The first-order valence-corrected chi connectivity index (χ1v) is 11.3. The number of thiophene rings is 1. The zero-order valence-electron chi connectivity index (χ0n) is 17.7. The van der Waals surface area contributed by atoms with Gasteiger partial charge >= 0.3 is 0 Å². The van der Waals surface area contributed by atoms with Crippen LogP contribution in [0.5, 0.6) is 5.75 Å². The van der Waals surface area contributed by atoms with Crippen LogP contribution in [-0.2, 0) is 11.2 Å². The molecule has 2 aromatic heterocycles. The monoisotopic (exact) mass is 438 g/mol. The lowest BCUT2D eigenvalue weighted by Crippen LogP contribution is -2.47. The number of hydrogen-bond donors (Lipinski definition) is 0. The zero-order chi connectivity index (χ0) is 21.8. The maximum absolute atomic E-state index is 13.3. The van der Waals surface area contributed by atoms with Crippen molar-refractivity contribution in [1.82, 2.24) is 9.80 Å². The van der Waals surface area contributed by atoms with E-state index in [4.69, 9.17) is 9.15 Å². The van der Waals surface area contributed by atoms with Gasteiger partial charge < -0.3 is 19.0 Å². The minimum absolute atomic E-state index is 0.0103. The first-order chi connectivity index (χ1) is 15.1. The van der Waals surface area contributed by atoms with E-state index in [9.17, 15) is 9.59 Å².